The smallest absolute Gasteiger partial charge is 0.335 e. The molecule has 10 atom stereocenters. The lowest BCUT2D eigenvalue weighted by molar-refractivity contribution is -0.195. The van der Waals surface area contributed by atoms with Crippen molar-refractivity contribution in [3.05, 3.63) is 48.6 Å². The van der Waals surface area contributed by atoms with Crippen molar-refractivity contribution in [3.8, 4) is 0 Å². The topological polar surface area (TPSA) is 142 Å². The number of rotatable bonds is 18. The van der Waals surface area contributed by atoms with Gasteiger partial charge in [0.05, 0.1) is 25.4 Å². The summed E-state index contributed by atoms with van der Waals surface area (Å²) in [5.74, 6) is 1.69. The zero-order valence-electron chi connectivity index (χ0n) is 45.9. The summed E-state index contributed by atoms with van der Waals surface area (Å²) in [5, 5.41) is 0. The molecule has 0 radical (unpaired) electrons. The Morgan fingerprint density at radius 2 is 0.986 bits per heavy atom. The number of hydrogen-bond acceptors (Lipinski definition) is 12. The van der Waals surface area contributed by atoms with Crippen LogP contribution < -0.4 is 0 Å². The standard InChI is InChI=1S/C16H26O3.C15H24O3.C14H22O3.C13H22O3/c1-10(2)14(17)19-11(3)18-13-9-12-7-8-16(13,6)15(12,4)5;1-10(2)13(16)18-9-17-12-8-11-6-7-15(12,5)14(11,3)4;1-10(2)13(15)17-9-16-8-14(3)7-11-4-5-12(14)6-11;1-11(2)12(14)16-10-15-9-13(3)7-5-4-6-8-13/h11-13H,1,7-9H2,2-6H3;11-12H,1,6-9H2,2-5H3;11-12H,1,4-9H2,2-3H3;1,4-10H2,2-3H3. The Kier molecular flexibility index (Phi) is 20.8. The summed E-state index contributed by atoms with van der Waals surface area (Å²) in [6.07, 6.45) is 18.8. The highest BCUT2D eigenvalue weighted by Gasteiger charge is 2.63. The Labute approximate surface area is 422 Å². The average Bonchev–Trinajstić information content (AvgIpc) is 4.07. The Hall–Kier alpha value is -3.32. The first-order chi connectivity index (χ1) is 32.5. The highest BCUT2D eigenvalue weighted by atomic mass is 16.7. The molecule has 0 aromatic carbocycles. The number of ether oxygens (including phenoxy) is 8. The van der Waals surface area contributed by atoms with E-state index in [-0.39, 0.29) is 72.7 Å². The zero-order valence-corrected chi connectivity index (χ0v) is 45.9. The fourth-order valence-corrected chi connectivity index (χ4v) is 13.0. The van der Waals surface area contributed by atoms with E-state index in [4.69, 9.17) is 37.9 Å². The van der Waals surface area contributed by atoms with Gasteiger partial charge in [-0.1, -0.05) is 107 Å². The first kappa shape index (κ1) is 59.2. The molecule has 0 aromatic heterocycles. The maximum Gasteiger partial charge on any atom is 0.335 e. The second-order valence-electron chi connectivity index (χ2n) is 24.5. The molecule has 10 unspecified atom stereocenters. The van der Waals surface area contributed by atoms with E-state index in [0.29, 0.717) is 51.8 Å². The number of esters is 4. The molecule has 70 heavy (non-hydrogen) atoms. The van der Waals surface area contributed by atoms with Gasteiger partial charge in [0.1, 0.15) is 0 Å². The lowest BCUT2D eigenvalue weighted by Crippen LogP contribution is -2.39. The van der Waals surface area contributed by atoms with Gasteiger partial charge in [0.25, 0.3) is 0 Å². The Bertz CT molecular complexity index is 1870. The second kappa shape index (κ2) is 24.6. The summed E-state index contributed by atoms with van der Waals surface area (Å²) in [4.78, 5) is 45.0. The van der Waals surface area contributed by atoms with E-state index in [2.05, 4.69) is 81.7 Å². The fourth-order valence-electron chi connectivity index (χ4n) is 13.0. The largest absolute Gasteiger partial charge is 0.435 e. The molecule has 7 aliphatic carbocycles. The molecule has 0 heterocycles. The third-order valence-electron chi connectivity index (χ3n) is 18.7. The van der Waals surface area contributed by atoms with Gasteiger partial charge in [0, 0.05) is 22.3 Å². The van der Waals surface area contributed by atoms with Gasteiger partial charge in [-0.25, -0.2) is 19.2 Å². The zero-order chi connectivity index (χ0) is 52.5. The van der Waals surface area contributed by atoms with Crippen LogP contribution in [0.2, 0.25) is 0 Å². The molecule has 0 aromatic rings. The molecule has 0 aliphatic heterocycles. The van der Waals surface area contributed by atoms with Crippen LogP contribution in [0.15, 0.2) is 48.6 Å². The van der Waals surface area contributed by atoms with Crippen LogP contribution >= 0.6 is 0 Å². The number of carbonyl (C=O) groups is 4. The van der Waals surface area contributed by atoms with Crippen molar-refractivity contribution < 1.29 is 57.1 Å². The van der Waals surface area contributed by atoms with Crippen molar-refractivity contribution in [1.82, 2.24) is 0 Å². The highest BCUT2D eigenvalue weighted by molar-refractivity contribution is 5.88. The van der Waals surface area contributed by atoms with E-state index < -0.39 is 6.29 Å². The molecule has 6 bridgehead atoms. The first-order valence-corrected chi connectivity index (χ1v) is 26.3. The van der Waals surface area contributed by atoms with Gasteiger partial charge >= 0.3 is 23.9 Å². The lowest BCUT2D eigenvalue weighted by atomic mass is 9.70. The average molecular weight is 983 g/mol. The lowest BCUT2D eigenvalue weighted by Gasteiger charge is -2.39. The van der Waals surface area contributed by atoms with E-state index in [0.717, 1.165) is 36.5 Å². The molecular formula is C58H94O12. The van der Waals surface area contributed by atoms with Crippen LogP contribution in [0, 0.1) is 56.2 Å². The van der Waals surface area contributed by atoms with Crippen molar-refractivity contribution in [2.75, 3.05) is 33.6 Å². The predicted molar refractivity (Wildman–Crippen MR) is 273 cm³/mol. The van der Waals surface area contributed by atoms with Crippen LogP contribution in [-0.2, 0) is 57.1 Å². The fraction of sp³-hybridized carbons (Fsp3) is 0.793. The van der Waals surface area contributed by atoms with Crippen LogP contribution in [0.1, 0.15) is 186 Å². The Balaban J connectivity index is 0.000000203. The molecule has 12 nitrogen and oxygen atoms in total. The normalized spacial score (nSPS) is 32.4. The minimum absolute atomic E-state index is 0.0429. The van der Waals surface area contributed by atoms with Crippen molar-refractivity contribution in [3.63, 3.8) is 0 Å². The van der Waals surface area contributed by atoms with Gasteiger partial charge in [0.2, 0.25) is 6.29 Å². The van der Waals surface area contributed by atoms with Crippen molar-refractivity contribution in [1.29, 1.82) is 0 Å². The molecule has 0 spiro atoms. The van der Waals surface area contributed by atoms with Gasteiger partial charge < -0.3 is 37.9 Å². The van der Waals surface area contributed by atoms with Gasteiger partial charge in [-0.3, -0.25) is 0 Å². The van der Waals surface area contributed by atoms with Gasteiger partial charge in [-0.15, -0.1) is 0 Å². The SMILES string of the molecule is C=C(C)C(=O)OC(C)OC1CC2CCC1(C)C2(C)C.C=C(C)C(=O)OCOC1CC2CCC1(C)C2(C)C.C=C(C)C(=O)OCOCC1(C)CC2CCC1C2.C=C(C)C(=O)OCOCC1(C)CCCCC1. The van der Waals surface area contributed by atoms with Crippen molar-refractivity contribution in [2.45, 2.75) is 205 Å². The Morgan fingerprint density at radius 3 is 1.39 bits per heavy atom. The molecule has 0 saturated heterocycles. The molecular weight excluding hydrogens is 889 g/mol. The van der Waals surface area contributed by atoms with E-state index in [1.807, 2.05) is 0 Å². The van der Waals surface area contributed by atoms with Crippen LogP contribution in [0.3, 0.4) is 0 Å². The van der Waals surface area contributed by atoms with Gasteiger partial charge in [-0.05, 0) is 161 Å². The number of fused-ring (bicyclic) bond motifs is 6. The van der Waals surface area contributed by atoms with Crippen LogP contribution in [-0.4, -0.2) is 76.0 Å². The number of hydrogen-bond donors (Lipinski definition) is 0. The monoisotopic (exact) mass is 983 g/mol. The van der Waals surface area contributed by atoms with Gasteiger partial charge in [0.15, 0.2) is 20.4 Å². The van der Waals surface area contributed by atoms with E-state index in [1.165, 1.54) is 83.5 Å². The van der Waals surface area contributed by atoms with Crippen LogP contribution in [0.25, 0.3) is 0 Å². The molecule has 12 heteroatoms. The summed E-state index contributed by atoms with van der Waals surface area (Å²) in [5.41, 5.74) is 3.28. The summed E-state index contributed by atoms with van der Waals surface area (Å²) < 4.78 is 42.8. The molecule has 0 N–H and O–H groups in total. The van der Waals surface area contributed by atoms with Gasteiger partial charge in [-0.2, -0.15) is 0 Å². The third-order valence-corrected chi connectivity index (χ3v) is 18.7. The predicted octanol–water partition coefficient (Wildman–Crippen LogP) is 12.9. The minimum atomic E-state index is -0.499. The summed E-state index contributed by atoms with van der Waals surface area (Å²) in [6.45, 7) is 42.6. The maximum absolute atomic E-state index is 11.5. The summed E-state index contributed by atoms with van der Waals surface area (Å²) >= 11 is 0. The molecule has 398 valence electrons. The van der Waals surface area contributed by atoms with Crippen LogP contribution in [0.4, 0.5) is 0 Å². The number of carbonyl (C=O) groups excluding carboxylic acids is 4. The second-order valence-corrected chi connectivity index (χ2v) is 24.5. The Morgan fingerprint density at radius 1 is 0.529 bits per heavy atom. The molecule has 7 saturated carbocycles. The van der Waals surface area contributed by atoms with E-state index >= 15 is 0 Å². The van der Waals surface area contributed by atoms with Crippen molar-refractivity contribution in [2.24, 2.45) is 56.2 Å². The first-order valence-electron chi connectivity index (χ1n) is 26.3. The maximum atomic E-state index is 11.5. The molecule has 0 amide bonds. The molecule has 7 aliphatic rings. The van der Waals surface area contributed by atoms with E-state index in [1.54, 1.807) is 34.6 Å². The van der Waals surface area contributed by atoms with E-state index in [9.17, 15) is 19.2 Å². The molecule has 7 rings (SSSR count). The molecule has 7 fully saturated rings. The van der Waals surface area contributed by atoms with Crippen LogP contribution in [0.5, 0.6) is 0 Å². The van der Waals surface area contributed by atoms with Crippen molar-refractivity contribution >= 4 is 23.9 Å². The minimum Gasteiger partial charge on any atom is -0.435 e. The summed E-state index contributed by atoms with van der Waals surface area (Å²) in [7, 11) is 0. The highest BCUT2D eigenvalue weighted by Crippen LogP contribution is 2.67. The third kappa shape index (κ3) is 14.5. The summed E-state index contributed by atoms with van der Waals surface area (Å²) in [6, 6.07) is 0. The quantitative estimate of drug-likeness (QED) is 0.0424.